The molecule has 4 heteroatoms. The maximum atomic E-state index is 6.10. The van der Waals surface area contributed by atoms with E-state index in [1.807, 2.05) is 13.8 Å². The molecule has 1 aliphatic rings. The van der Waals surface area contributed by atoms with Crippen LogP contribution in [0.1, 0.15) is 22.5 Å². The smallest absolute Gasteiger partial charge is 0.137 e. The summed E-state index contributed by atoms with van der Waals surface area (Å²) in [4.78, 5) is 8.62. The Hall–Kier alpha value is -1.61. The summed E-state index contributed by atoms with van der Waals surface area (Å²) in [6.45, 7) is 3.81. The van der Waals surface area contributed by atoms with Crippen molar-refractivity contribution in [2.45, 2.75) is 32.7 Å². The molecule has 0 saturated heterocycles. The second-order valence-corrected chi connectivity index (χ2v) is 5.41. The summed E-state index contributed by atoms with van der Waals surface area (Å²) in [6.07, 6.45) is 2.08. The SMILES string of the molecule is Cc1nc(Cl)c(C)c(NC2Cc3ccccc3C2)n1. The molecular weight excluding hydrogens is 258 g/mol. The van der Waals surface area contributed by atoms with E-state index in [0.29, 0.717) is 17.0 Å². The van der Waals surface area contributed by atoms with Gasteiger partial charge in [-0.25, -0.2) is 9.97 Å². The van der Waals surface area contributed by atoms with Crippen LogP contribution < -0.4 is 5.32 Å². The quantitative estimate of drug-likeness (QED) is 0.853. The molecule has 0 saturated carbocycles. The van der Waals surface area contributed by atoms with Crippen LogP contribution in [0.25, 0.3) is 0 Å². The first-order chi connectivity index (χ1) is 9.13. The van der Waals surface area contributed by atoms with E-state index in [1.54, 1.807) is 0 Å². The zero-order chi connectivity index (χ0) is 13.4. The molecule has 1 N–H and O–H groups in total. The number of aryl methyl sites for hydroxylation is 1. The van der Waals surface area contributed by atoms with Gasteiger partial charge < -0.3 is 5.32 Å². The maximum Gasteiger partial charge on any atom is 0.137 e. The molecular formula is C15H16ClN3. The van der Waals surface area contributed by atoms with Crippen LogP contribution in [-0.4, -0.2) is 16.0 Å². The van der Waals surface area contributed by atoms with E-state index >= 15 is 0 Å². The standard InChI is InChI=1S/C15H16ClN3/c1-9-14(16)17-10(2)18-15(9)19-13-7-11-5-3-4-6-12(11)8-13/h3-6,13H,7-8H2,1-2H3,(H,17,18,19). The molecule has 1 aliphatic carbocycles. The Kier molecular flexibility index (Phi) is 3.15. The predicted octanol–water partition coefficient (Wildman–Crippen LogP) is 3.33. The van der Waals surface area contributed by atoms with Crippen molar-refractivity contribution in [3.05, 3.63) is 51.9 Å². The van der Waals surface area contributed by atoms with Gasteiger partial charge in [0.2, 0.25) is 0 Å². The number of benzene rings is 1. The Morgan fingerprint density at radius 1 is 1.11 bits per heavy atom. The first-order valence-electron chi connectivity index (χ1n) is 6.47. The monoisotopic (exact) mass is 273 g/mol. The van der Waals surface area contributed by atoms with Gasteiger partial charge in [0.25, 0.3) is 0 Å². The second-order valence-electron chi connectivity index (χ2n) is 5.05. The molecule has 0 unspecified atom stereocenters. The lowest BCUT2D eigenvalue weighted by Gasteiger charge is -2.15. The van der Waals surface area contributed by atoms with Gasteiger partial charge in [0.1, 0.15) is 16.8 Å². The van der Waals surface area contributed by atoms with Crippen LogP contribution in [0, 0.1) is 13.8 Å². The lowest BCUT2D eigenvalue weighted by atomic mass is 10.1. The highest BCUT2D eigenvalue weighted by Gasteiger charge is 2.22. The number of rotatable bonds is 2. The third-order valence-corrected chi connectivity index (χ3v) is 3.96. The average molecular weight is 274 g/mol. The molecule has 0 bridgehead atoms. The number of hydrogen-bond acceptors (Lipinski definition) is 3. The number of nitrogens with zero attached hydrogens (tertiary/aromatic N) is 2. The van der Waals surface area contributed by atoms with Crippen LogP contribution in [0.5, 0.6) is 0 Å². The molecule has 1 heterocycles. The van der Waals surface area contributed by atoms with E-state index in [1.165, 1.54) is 11.1 Å². The second kappa shape index (κ2) is 4.82. The van der Waals surface area contributed by atoms with Crippen LogP contribution >= 0.6 is 11.6 Å². The Labute approximate surface area is 118 Å². The number of hydrogen-bond donors (Lipinski definition) is 1. The Bertz CT molecular complexity index is 600. The fourth-order valence-electron chi connectivity index (χ4n) is 2.59. The largest absolute Gasteiger partial charge is 0.366 e. The topological polar surface area (TPSA) is 37.8 Å². The van der Waals surface area contributed by atoms with Crippen LogP contribution in [0.15, 0.2) is 24.3 Å². The molecule has 0 radical (unpaired) electrons. The van der Waals surface area contributed by atoms with Crippen LogP contribution in [0.3, 0.4) is 0 Å². The molecule has 0 spiro atoms. The van der Waals surface area contributed by atoms with Gasteiger partial charge in [-0.1, -0.05) is 35.9 Å². The van der Waals surface area contributed by atoms with Crippen molar-refractivity contribution in [1.29, 1.82) is 0 Å². The molecule has 98 valence electrons. The zero-order valence-corrected chi connectivity index (χ0v) is 11.8. The van der Waals surface area contributed by atoms with Gasteiger partial charge in [0, 0.05) is 11.6 Å². The average Bonchev–Trinajstić information content (AvgIpc) is 2.77. The zero-order valence-electron chi connectivity index (χ0n) is 11.1. The number of aromatic nitrogens is 2. The van der Waals surface area contributed by atoms with Gasteiger partial charge in [0.15, 0.2) is 0 Å². The summed E-state index contributed by atoms with van der Waals surface area (Å²) in [5, 5.41) is 4.04. The summed E-state index contributed by atoms with van der Waals surface area (Å²) in [7, 11) is 0. The van der Waals surface area contributed by atoms with Crippen LogP contribution in [-0.2, 0) is 12.8 Å². The van der Waals surface area contributed by atoms with Gasteiger partial charge in [-0.2, -0.15) is 0 Å². The van der Waals surface area contributed by atoms with Crippen LogP contribution in [0.4, 0.5) is 5.82 Å². The predicted molar refractivity (Wildman–Crippen MR) is 77.8 cm³/mol. The number of halogens is 1. The molecule has 19 heavy (non-hydrogen) atoms. The van der Waals surface area contributed by atoms with Gasteiger partial charge >= 0.3 is 0 Å². The molecule has 3 nitrogen and oxygen atoms in total. The van der Waals surface area contributed by atoms with Gasteiger partial charge in [0.05, 0.1) is 0 Å². The number of anilines is 1. The minimum absolute atomic E-state index is 0.390. The molecule has 0 fully saturated rings. The maximum absolute atomic E-state index is 6.10. The summed E-state index contributed by atoms with van der Waals surface area (Å²) in [5.41, 5.74) is 3.77. The highest BCUT2D eigenvalue weighted by atomic mass is 35.5. The summed E-state index contributed by atoms with van der Waals surface area (Å²) < 4.78 is 0. The van der Waals surface area contributed by atoms with E-state index in [4.69, 9.17) is 11.6 Å². The Morgan fingerprint density at radius 2 is 1.74 bits per heavy atom. The molecule has 0 amide bonds. The number of fused-ring (bicyclic) bond motifs is 1. The molecule has 0 aliphatic heterocycles. The van der Waals surface area contributed by atoms with Crippen molar-refractivity contribution < 1.29 is 0 Å². The lowest BCUT2D eigenvalue weighted by Crippen LogP contribution is -2.21. The summed E-state index contributed by atoms with van der Waals surface area (Å²) >= 11 is 6.10. The minimum Gasteiger partial charge on any atom is -0.366 e. The van der Waals surface area contributed by atoms with Gasteiger partial charge in [-0.05, 0) is 37.8 Å². The Balaban J connectivity index is 1.81. The highest BCUT2D eigenvalue weighted by molar-refractivity contribution is 6.30. The summed E-state index contributed by atoms with van der Waals surface area (Å²) in [6, 6.07) is 8.97. The first kappa shape index (κ1) is 12.4. The lowest BCUT2D eigenvalue weighted by molar-refractivity contribution is 0.764. The fourth-order valence-corrected chi connectivity index (χ4v) is 2.80. The normalized spacial score (nSPS) is 14.5. The van der Waals surface area contributed by atoms with E-state index in [9.17, 15) is 0 Å². The summed E-state index contributed by atoms with van der Waals surface area (Å²) in [5.74, 6) is 1.56. The fraction of sp³-hybridized carbons (Fsp3) is 0.333. The molecule has 2 aromatic rings. The molecule has 1 aromatic heterocycles. The van der Waals surface area contributed by atoms with E-state index in [0.717, 1.165) is 24.2 Å². The van der Waals surface area contributed by atoms with E-state index in [-0.39, 0.29) is 0 Å². The van der Waals surface area contributed by atoms with E-state index < -0.39 is 0 Å². The third-order valence-electron chi connectivity index (χ3n) is 3.59. The third kappa shape index (κ3) is 2.43. The van der Waals surface area contributed by atoms with Crippen molar-refractivity contribution >= 4 is 17.4 Å². The molecule has 3 rings (SSSR count). The number of nitrogens with one attached hydrogen (secondary N) is 1. The van der Waals surface area contributed by atoms with Crippen molar-refractivity contribution in [1.82, 2.24) is 9.97 Å². The van der Waals surface area contributed by atoms with Crippen LogP contribution in [0.2, 0.25) is 5.15 Å². The molecule has 0 atom stereocenters. The van der Waals surface area contributed by atoms with Crippen molar-refractivity contribution in [3.63, 3.8) is 0 Å². The minimum atomic E-state index is 0.390. The molecule has 1 aromatic carbocycles. The Morgan fingerprint density at radius 3 is 2.37 bits per heavy atom. The van der Waals surface area contributed by atoms with Crippen molar-refractivity contribution in [2.24, 2.45) is 0 Å². The van der Waals surface area contributed by atoms with Gasteiger partial charge in [-0.3, -0.25) is 0 Å². The van der Waals surface area contributed by atoms with Gasteiger partial charge in [-0.15, -0.1) is 0 Å². The van der Waals surface area contributed by atoms with E-state index in [2.05, 4.69) is 39.6 Å². The highest BCUT2D eigenvalue weighted by Crippen LogP contribution is 2.26. The first-order valence-corrected chi connectivity index (χ1v) is 6.85. The van der Waals surface area contributed by atoms with Crippen molar-refractivity contribution in [2.75, 3.05) is 5.32 Å². The van der Waals surface area contributed by atoms with Crippen molar-refractivity contribution in [3.8, 4) is 0 Å².